The molecule has 1 aliphatic carbocycles. The number of nitrogens with zero attached hydrogens (tertiary/aromatic N) is 4. The molecule has 3 heterocycles. The lowest BCUT2D eigenvalue weighted by Gasteiger charge is -2.32. The normalized spacial score (nSPS) is 17.7. The third kappa shape index (κ3) is 7.23. The number of benzene rings is 2. The van der Waals surface area contributed by atoms with Gasteiger partial charge in [-0.15, -0.1) is 6.58 Å². The molecule has 2 aromatic heterocycles. The zero-order valence-electron chi connectivity index (χ0n) is 31.0. The molecule has 0 amide bonds. The van der Waals surface area contributed by atoms with Gasteiger partial charge in [-0.1, -0.05) is 76.9 Å². The van der Waals surface area contributed by atoms with Gasteiger partial charge in [0, 0.05) is 60.3 Å². The fraction of sp³-hybridized carbons (Fsp3) is 0.558. The molecule has 48 heavy (non-hydrogen) atoms. The van der Waals surface area contributed by atoms with E-state index in [-0.39, 0.29) is 11.5 Å². The van der Waals surface area contributed by atoms with Gasteiger partial charge in [0.1, 0.15) is 0 Å². The van der Waals surface area contributed by atoms with Crippen LogP contribution in [-0.4, -0.2) is 44.4 Å². The summed E-state index contributed by atoms with van der Waals surface area (Å²) in [5, 5.41) is 6.86. The second kappa shape index (κ2) is 14.4. The summed E-state index contributed by atoms with van der Waals surface area (Å²) in [4.78, 5) is 2.72. The van der Waals surface area contributed by atoms with Crippen LogP contribution in [0.5, 0.6) is 0 Å². The zero-order chi connectivity index (χ0) is 34.2. The van der Waals surface area contributed by atoms with E-state index < -0.39 is 0 Å². The maximum absolute atomic E-state index is 6.29. The van der Waals surface area contributed by atoms with E-state index in [1.54, 1.807) is 0 Å². The maximum Gasteiger partial charge on any atom is 0.0746 e. The van der Waals surface area contributed by atoms with E-state index in [9.17, 15) is 0 Å². The van der Waals surface area contributed by atoms with Gasteiger partial charge in [0.2, 0.25) is 0 Å². The number of rotatable bonds is 14. The summed E-state index contributed by atoms with van der Waals surface area (Å²) in [7, 11) is 0. The van der Waals surface area contributed by atoms with Crippen LogP contribution >= 0.6 is 0 Å². The van der Waals surface area contributed by atoms with Crippen molar-refractivity contribution in [3.05, 3.63) is 77.6 Å². The van der Waals surface area contributed by atoms with Gasteiger partial charge < -0.3 is 15.2 Å². The van der Waals surface area contributed by atoms with Crippen LogP contribution in [0.25, 0.3) is 33.3 Å². The summed E-state index contributed by atoms with van der Waals surface area (Å²) in [6, 6.07) is 15.4. The lowest BCUT2D eigenvalue weighted by molar-refractivity contribution is 0.172. The van der Waals surface area contributed by atoms with Crippen molar-refractivity contribution in [1.29, 1.82) is 0 Å². The van der Waals surface area contributed by atoms with Gasteiger partial charge in [-0.3, -0.25) is 4.68 Å². The van der Waals surface area contributed by atoms with Gasteiger partial charge >= 0.3 is 0 Å². The standard InChI is InChI=1S/C43H61N5/c1-9-19-43(7,8)27-38-37-26-32(33-23-29(5)22-31(24-33)25-34(44)11-3)13-16-40(37)47(12-4)42(38)39-28-48(45-41(39)30(6)10-2)36-17-20-46(21-18-36)35-14-15-35/h11,13,16,22-24,26,28,30,34-36H,3,9-10,12,14-15,17-21,25,27,44H2,1-2,4-8H3. The predicted octanol–water partition coefficient (Wildman–Crippen LogP) is 10.2. The fourth-order valence-corrected chi connectivity index (χ4v) is 8.45. The van der Waals surface area contributed by atoms with Crippen molar-refractivity contribution in [2.24, 2.45) is 11.1 Å². The molecule has 2 atom stereocenters. The summed E-state index contributed by atoms with van der Waals surface area (Å²) in [6.07, 6.45) is 14.8. The second-order valence-electron chi connectivity index (χ2n) is 15.9. The molecule has 0 bridgehead atoms. The smallest absolute Gasteiger partial charge is 0.0746 e. The molecule has 5 nitrogen and oxygen atoms in total. The molecule has 6 rings (SSSR count). The van der Waals surface area contributed by atoms with Gasteiger partial charge in [0.25, 0.3) is 0 Å². The Kier molecular flexibility index (Phi) is 10.4. The molecule has 2 fully saturated rings. The molecule has 1 saturated carbocycles. The molecule has 0 spiro atoms. The van der Waals surface area contributed by atoms with Gasteiger partial charge in [0.05, 0.1) is 17.4 Å². The van der Waals surface area contributed by atoms with E-state index in [1.807, 2.05) is 6.08 Å². The van der Waals surface area contributed by atoms with Crippen LogP contribution in [0.4, 0.5) is 0 Å². The van der Waals surface area contributed by atoms with Crippen molar-refractivity contribution in [3.8, 4) is 22.4 Å². The summed E-state index contributed by atoms with van der Waals surface area (Å²) in [5.74, 6) is 0.399. The van der Waals surface area contributed by atoms with E-state index in [2.05, 4.69) is 112 Å². The monoisotopic (exact) mass is 647 g/mol. The van der Waals surface area contributed by atoms with E-state index >= 15 is 0 Å². The van der Waals surface area contributed by atoms with Crippen LogP contribution in [0.15, 0.2) is 55.3 Å². The lowest BCUT2D eigenvalue weighted by atomic mass is 9.80. The van der Waals surface area contributed by atoms with Gasteiger partial charge in [0.15, 0.2) is 0 Å². The molecule has 0 radical (unpaired) electrons. The molecule has 258 valence electrons. The minimum atomic E-state index is -0.0398. The number of hydrogen-bond donors (Lipinski definition) is 1. The minimum absolute atomic E-state index is 0.0398. The SMILES string of the molecule is C=CC(N)Cc1cc(C)cc(-c2ccc3c(c2)c(CC(C)(C)CCC)c(-c2cn(C4CCN(C5CC5)CC4)nc2C(C)CC)n3CC)c1. The molecule has 2 aliphatic rings. The van der Waals surface area contributed by atoms with E-state index in [1.165, 1.54) is 107 Å². The first-order valence-electron chi connectivity index (χ1n) is 19.0. The number of aromatic nitrogens is 3. The summed E-state index contributed by atoms with van der Waals surface area (Å²) in [5.41, 5.74) is 18.4. The Labute approximate surface area is 290 Å². The number of likely N-dealkylation sites (tertiary alicyclic amines) is 1. The van der Waals surface area contributed by atoms with Crippen LogP contribution in [0.3, 0.4) is 0 Å². The molecule has 2 unspecified atom stereocenters. The summed E-state index contributed by atoms with van der Waals surface area (Å²) < 4.78 is 4.98. The Morgan fingerprint density at radius 2 is 1.75 bits per heavy atom. The summed E-state index contributed by atoms with van der Waals surface area (Å²) in [6.45, 7) is 23.7. The van der Waals surface area contributed by atoms with Gasteiger partial charge in [-0.25, -0.2) is 0 Å². The molecule has 2 aromatic carbocycles. The van der Waals surface area contributed by atoms with Crippen LogP contribution in [0.1, 0.15) is 121 Å². The highest BCUT2D eigenvalue weighted by molar-refractivity contribution is 5.95. The topological polar surface area (TPSA) is 52.0 Å². The minimum Gasteiger partial charge on any atom is -0.340 e. The van der Waals surface area contributed by atoms with Crippen LogP contribution in [-0.2, 0) is 19.4 Å². The van der Waals surface area contributed by atoms with Crippen molar-refractivity contribution in [2.45, 2.75) is 137 Å². The first-order chi connectivity index (χ1) is 23.0. The van der Waals surface area contributed by atoms with E-state index in [4.69, 9.17) is 10.8 Å². The Bertz CT molecular complexity index is 1730. The van der Waals surface area contributed by atoms with Crippen molar-refractivity contribution in [3.63, 3.8) is 0 Å². The molecule has 1 saturated heterocycles. The van der Waals surface area contributed by atoms with E-state index in [0.717, 1.165) is 31.8 Å². The third-order valence-electron chi connectivity index (χ3n) is 11.3. The van der Waals surface area contributed by atoms with Gasteiger partial charge in [-0.2, -0.15) is 5.10 Å². The van der Waals surface area contributed by atoms with Crippen LogP contribution < -0.4 is 5.73 Å². The Balaban J connectivity index is 1.51. The predicted molar refractivity (Wildman–Crippen MR) is 205 cm³/mol. The second-order valence-corrected chi connectivity index (χ2v) is 15.9. The largest absolute Gasteiger partial charge is 0.340 e. The van der Waals surface area contributed by atoms with Crippen molar-refractivity contribution >= 4 is 10.9 Å². The highest BCUT2D eigenvalue weighted by Gasteiger charge is 2.34. The molecule has 2 N–H and O–H groups in total. The Morgan fingerprint density at radius 1 is 1.00 bits per heavy atom. The zero-order valence-corrected chi connectivity index (χ0v) is 31.0. The highest BCUT2D eigenvalue weighted by atomic mass is 15.3. The Morgan fingerprint density at radius 3 is 2.40 bits per heavy atom. The molecular formula is C43H61N5. The molecular weight excluding hydrogens is 587 g/mol. The van der Waals surface area contributed by atoms with E-state index in [0.29, 0.717) is 12.0 Å². The average molecular weight is 648 g/mol. The molecule has 5 heteroatoms. The number of aryl methyl sites for hydroxylation is 2. The lowest BCUT2D eigenvalue weighted by Crippen LogP contribution is -2.36. The maximum atomic E-state index is 6.29. The summed E-state index contributed by atoms with van der Waals surface area (Å²) >= 11 is 0. The highest BCUT2D eigenvalue weighted by Crippen LogP contribution is 2.44. The average Bonchev–Trinajstić information content (AvgIpc) is 3.76. The van der Waals surface area contributed by atoms with Crippen molar-refractivity contribution < 1.29 is 0 Å². The molecule has 1 aliphatic heterocycles. The quantitative estimate of drug-likeness (QED) is 0.139. The van der Waals surface area contributed by atoms with Crippen molar-refractivity contribution in [2.75, 3.05) is 13.1 Å². The van der Waals surface area contributed by atoms with Gasteiger partial charge in [-0.05, 0) is 105 Å². The van der Waals surface area contributed by atoms with Crippen LogP contribution in [0, 0.1) is 12.3 Å². The number of fused-ring (bicyclic) bond motifs is 1. The number of hydrogen-bond acceptors (Lipinski definition) is 3. The number of piperidine rings is 1. The van der Waals surface area contributed by atoms with Crippen molar-refractivity contribution in [1.82, 2.24) is 19.2 Å². The van der Waals surface area contributed by atoms with Crippen LogP contribution in [0.2, 0.25) is 0 Å². The first-order valence-corrected chi connectivity index (χ1v) is 19.0. The number of nitrogens with two attached hydrogens (primary N) is 1. The fourth-order valence-electron chi connectivity index (χ4n) is 8.45. The Hall–Kier alpha value is -3.15. The first kappa shape index (κ1) is 34.7. The molecule has 4 aromatic rings. The third-order valence-corrected chi connectivity index (χ3v) is 11.3.